The van der Waals surface area contributed by atoms with Crippen LogP contribution in [-0.4, -0.2) is 47.9 Å². The second kappa shape index (κ2) is 8.04. The topological polar surface area (TPSA) is 109 Å². The zero-order chi connectivity index (χ0) is 19.6. The predicted molar refractivity (Wildman–Crippen MR) is 97.0 cm³/mol. The molecule has 4 N–H and O–H groups in total. The molecule has 2 aromatic carbocycles. The quantitative estimate of drug-likeness (QED) is 0.612. The van der Waals surface area contributed by atoms with Gasteiger partial charge in [-0.25, -0.2) is 0 Å². The van der Waals surface area contributed by atoms with Gasteiger partial charge in [0.05, 0.1) is 26.4 Å². The van der Waals surface area contributed by atoms with Crippen LogP contribution < -0.4 is 9.47 Å². The Morgan fingerprint density at radius 2 is 1.52 bits per heavy atom. The van der Waals surface area contributed by atoms with Gasteiger partial charge < -0.3 is 34.6 Å². The Hall–Kier alpha value is -2.48. The molecule has 7 nitrogen and oxygen atoms in total. The van der Waals surface area contributed by atoms with Gasteiger partial charge in [-0.3, -0.25) is 0 Å². The van der Waals surface area contributed by atoms with E-state index in [1.807, 2.05) is 0 Å². The summed E-state index contributed by atoms with van der Waals surface area (Å²) in [6.07, 6.45) is -1.06. The van der Waals surface area contributed by atoms with Crippen LogP contribution in [0.15, 0.2) is 36.4 Å². The number of aliphatic hydroxyl groups excluding tert-OH is 2. The van der Waals surface area contributed by atoms with E-state index in [-0.39, 0.29) is 36.5 Å². The van der Waals surface area contributed by atoms with E-state index in [9.17, 15) is 20.4 Å². The Balaban J connectivity index is 1.99. The van der Waals surface area contributed by atoms with Gasteiger partial charge in [0, 0.05) is 31.1 Å². The summed E-state index contributed by atoms with van der Waals surface area (Å²) < 4.78 is 16.6. The number of hydrogen-bond donors (Lipinski definition) is 4. The van der Waals surface area contributed by atoms with Gasteiger partial charge in [0.1, 0.15) is 11.5 Å². The van der Waals surface area contributed by atoms with Gasteiger partial charge in [-0.1, -0.05) is 6.07 Å². The smallest absolute Gasteiger partial charge is 0.160 e. The van der Waals surface area contributed by atoms with E-state index in [1.54, 1.807) is 24.3 Å². The van der Waals surface area contributed by atoms with E-state index < -0.39 is 12.2 Å². The Bertz CT molecular complexity index is 792. The van der Waals surface area contributed by atoms with Crippen molar-refractivity contribution in [2.75, 3.05) is 27.4 Å². The van der Waals surface area contributed by atoms with Crippen molar-refractivity contribution in [2.24, 2.45) is 11.8 Å². The van der Waals surface area contributed by atoms with Gasteiger partial charge in [-0.15, -0.1) is 0 Å². The SMILES string of the molecule is COc1cc(O)cc([C@@H]2O[C@@H](c3ccc(O)c(OC)c3)[C@H](CO)[C@H]2CO)c1. The van der Waals surface area contributed by atoms with Crippen molar-refractivity contribution in [1.82, 2.24) is 0 Å². The van der Waals surface area contributed by atoms with Crippen molar-refractivity contribution in [3.8, 4) is 23.0 Å². The lowest BCUT2D eigenvalue weighted by Crippen LogP contribution is -2.23. The number of benzene rings is 2. The molecule has 0 unspecified atom stereocenters. The van der Waals surface area contributed by atoms with Crippen molar-refractivity contribution in [3.05, 3.63) is 47.5 Å². The maximum Gasteiger partial charge on any atom is 0.160 e. The minimum atomic E-state index is -0.544. The fraction of sp³-hybridized carbons (Fsp3) is 0.400. The highest BCUT2D eigenvalue weighted by Gasteiger charge is 2.45. The van der Waals surface area contributed by atoms with E-state index in [0.29, 0.717) is 17.1 Å². The Labute approximate surface area is 157 Å². The molecular formula is C20H24O7. The van der Waals surface area contributed by atoms with Crippen LogP contribution >= 0.6 is 0 Å². The maximum absolute atomic E-state index is 9.96. The number of ether oxygens (including phenoxy) is 3. The van der Waals surface area contributed by atoms with Gasteiger partial charge in [0.25, 0.3) is 0 Å². The van der Waals surface area contributed by atoms with Gasteiger partial charge in [0.2, 0.25) is 0 Å². The summed E-state index contributed by atoms with van der Waals surface area (Å²) in [5.74, 6) is 0.0537. The third-order valence-electron chi connectivity index (χ3n) is 5.05. The summed E-state index contributed by atoms with van der Waals surface area (Å²) in [5, 5.41) is 39.7. The van der Waals surface area contributed by atoms with Crippen molar-refractivity contribution in [2.45, 2.75) is 12.2 Å². The molecule has 27 heavy (non-hydrogen) atoms. The first kappa shape index (κ1) is 19.3. The third kappa shape index (κ3) is 3.66. The maximum atomic E-state index is 9.96. The average Bonchev–Trinajstić information content (AvgIpc) is 3.06. The van der Waals surface area contributed by atoms with Gasteiger partial charge in [-0.05, 0) is 35.4 Å². The number of hydrogen-bond acceptors (Lipinski definition) is 7. The fourth-order valence-corrected chi connectivity index (χ4v) is 3.68. The zero-order valence-electron chi connectivity index (χ0n) is 15.2. The Kier molecular flexibility index (Phi) is 5.74. The first-order valence-corrected chi connectivity index (χ1v) is 8.64. The van der Waals surface area contributed by atoms with Crippen LogP contribution in [0.1, 0.15) is 23.3 Å². The monoisotopic (exact) mass is 376 g/mol. The van der Waals surface area contributed by atoms with E-state index in [4.69, 9.17) is 14.2 Å². The minimum absolute atomic E-state index is 0.00720. The molecule has 0 aliphatic carbocycles. The van der Waals surface area contributed by atoms with Gasteiger partial charge >= 0.3 is 0 Å². The summed E-state index contributed by atoms with van der Waals surface area (Å²) in [5.41, 5.74) is 1.37. The molecule has 7 heteroatoms. The Morgan fingerprint density at radius 3 is 2.11 bits per heavy atom. The standard InChI is InChI=1S/C20H24O7/c1-25-14-6-12(5-13(23)8-14)20-16(10-22)15(9-21)19(27-20)11-3-4-17(24)18(7-11)26-2/h3-8,15-16,19-24H,9-10H2,1-2H3/t15-,16-,19+,20+/m1/s1. The number of methoxy groups -OCH3 is 2. The van der Waals surface area contributed by atoms with Crippen LogP contribution in [0.3, 0.4) is 0 Å². The summed E-state index contributed by atoms with van der Waals surface area (Å²) in [6.45, 7) is -0.384. The molecule has 1 aliphatic heterocycles. The van der Waals surface area contributed by atoms with Crippen LogP contribution in [-0.2, 0) is 4.74 Å². The first-order valence-electron chi connectivity index (χ1n) is 8.64. The average molecular weight is 376 g/mol. The highest BCUT2D eigenvalue weighted by molar-refractivity contribution is 5.43. The van der Waals surface area contributed by atoms with Crippen molar-refractivity contribution >= 4 is 0 Å². The molecule has 0 bridgehead atoms. The molecule has 0 radical (unpaired) electrons. The molecule has 146 valence electrons. The molecule has 0 amide bonds. The molecule has 0 saturated carbocycles. The number of aliphatic hydroxyl groups is 2. The second-order valence-electron chi connectivity index (χ2n) is 6.57. The molecule has 1 heterocycles. The summed E-state index contributed by atoms with van der Waals surface area (Å²) in [7, 11) is 2.95. The van der Waals surface area contributed by atoms with Crippen LogP contribution in [0.5, 0.6) is 23.0 Å². The van der Waals surface area contributed by atoms with Crippen molar-refractivity contribution < 1.29 is 34.6 Å². The van der Waals surface area contributed by atoms with Crippen LogP contribution in [0.4, 0.5) is 0 Å². The lowest BCUT2D eigenvalue weighted by molar-refractivity contribution is 0.0182. The zero-order valence-corrected chi connectivity index (χ0v) is 15.2. The summed E-state index contributed by atoms with van der Waals surface area (Å²) in [4.78, 5) is 0. The molecule has 3 rings (SSSR count). The minimum Gasteiger partial charge on any atom is -0.508 e. The number of aromatic hydroxyl groups is 2. The van der Waals surface area contributed by atoms with Gasteiger partial charge in [0.15, 0.2) is 11.5 Å². The fourth-order valence-electron chi connectivity index (χ4n) is 3.68. The molecule has 1 fully saturated rings. The molecule has 0 aromatic heterocycles. The normalized spacial score (nSPS) is 24.7. The van der Waals surface area contributed by atoms with E-state index in [2.05, 4.69) is 0 Å². The number of phenolic OH excluding ortho intramolecular Hbond substituents is 2. The highest BCUT2D eigenvalue weighted by Crippen LogP contribution is 2.50. The lowest BCUT2D eigenvalue weighted by Gasteiger charge is -2.21. The van der Waals surface area contributed by atoms with Crippen LogP contribution in [0, 0.1) is 11.8 Å². The van der Waals surface area contributed by atoms with Gasteiger partial charge in [-0.2, -0.15) is 0 Å². The molecular weight excluding hydrogens is 352 g/mol. The van der Waals surface area contributed by atoms with Crippen molar-refractivity contribution in [3.63, 3.8) is 0 Å². The molecule has 1 aliphatic rings. The summed E-state index contributed by atoms with van der Waals surface area (Å²) in [6, 6.07) is 9.64. The number of phenols is 2. The van der Waals surface area contributed by atoms with Crippen molar-refractivity contribution in [1.29, 1.82) is 0 Å². The second-order valence-corrected chi connectivity index (χ2v) is 6.57. The number of rotatable bonds is 6. The predicted octanol–water partition coefficient (Wildman–Crippen LogP) is 2.14. The molecule has 1 saturated heterocycles. The van der Waals surface area contributed by atoms with E-state index in [0.717, 1.165) is 5.56 Å². The van der Waals surface area contributed by atoms with Crippen LogP contribution in [0.2, 0.25) is 0 Å². The molecule has 4 atom stereocenters. The van der Waals surface area contributed by atoms with Crippen LogP contribution in [0.25, 0.3) is 0 Å². The highest BCUT2D eigenvalue weighted by atomic mass is 16.5. The Morgan fingerprint density at radius 1 is 0.852 bits per heavy atom. The third-order valence-corrected chi connectivity index (χ3v) is 5.05. The molecule has 0 spiro atoms. The largest absolute Gasteiger partial charge is 0.508 e. The van der Waals surface area contributed by atoms with E-state index in [1.165, 1.54) is 26.4 Å². The summed E-state index contributed by atoms with van der Waals surface area (Å²) >= 11 is 0. The first-order chi connectivity index (χ1) is 13.0. The molecule has 2 aromatic rings. The van der Waals surface area contributed by atoms with E-state index >= 15 is 0 Å². The lowest BCUT2D eigenvalue weighted by atomic mass is 9.83.